The minimum atomic E-state index is -4.58. The molecule has 0 spiro atoms. The summed E-state index contributed by atoms with van der Waals surface area (Å²) in [6.45, 7) is 4.64. The van der Waals surface area contributed by atoms with Crippen LogP contribution in [0.5, 0.6) is 0 Å². The Morgan fingerprint density at radius 1 is 1.30 bits per heavy atom. The SMILES string of the molecule is CC1=[N+]([O-])[C@H](c2ccccc2C(F)(F)F)N(O)C1(C)C. The minimum Gasteiger partial charge on any atom is -0.622 e. The second-order valence-electron chi connectivity index (χ2n) is 5.27. The van der Waals surface area contributed by atoms with Crippen LogP contribution < -0.4 is 0 Å². The maximum atomic E-state index is 13.0. The molecule has 2 rings (SSSR count). The Bertz CT molecular complexity index is 567. The second-order valence-corrected chi connectivity index (χ2v) is 5.27. The molecule has 1 aliphatic heterocycles. The number of halogens is 3. The highest BCUT2D eigenvalue weighted by atomic mass is 19.4. The third-order valence-corrected chi connectivity index (χ3v) is 3.79. The Labute approximate surface area is 114 Å². The quantitative estimate of drug-likeness (QED) is 0.638. The van der Waals surface area contributed by atoms with Gasteiger partial charge in [-0.15, -0.1) is 5.06 Å². The lowest BCUT2D eigenvalue weighted by Crippen LogP contribution is -2.43. The van der Waals surface area contributed by atoms with E-state index in [9.17, 15) is 23.6 Å². The summed E-state index contributed by atoms with van der Waals surface area (Å²) in [5, 5.41) is 22.9. The van der Waals surface area contributed by atoms with Gasteiger partial charge in [0.25, 0.3) is 6.17 Å². The van der Waals surface area contributed by atoms with E-state index < -0.39 is 23.4 Å². The fourth-order valence-corrected chi connectivity index (χ4v) is 2.26. The summed E-state index contributed by atoms with van der Waals surface area (Å²) in [6.07, 6.45) is -5.98. The van der Waals surface area contributed by atoms with Crippen LogP contribution in [0.2, 0.25) is 0 Å². The number of rotatable bonds is 1. The zero-order valence-electron chi connectivity index (χ0n) is 11.3. The van der Waals surface area contributed by atoms with Crippen molar-refractivity contribution in [2.45, 2.75) is 38.7 Å². The van der Waals surface area contributed by atoms with Gasteiger partial charge < -0.3 is 10.4 Å². The normalized spacial score (nSPS) is 23.4. The molecule has 0 saturated carbocycles. The predicted molar refractivity (Wildman–Crippen MR) is 66.2 cm³/mol. The monoisotopic (exact) mass is 288 g/mol. The fourth-order valence-electron chi connectivity index (χ4n) is 2.26. The fraction of sp³-hybridized carbons (Fsp3) is 0.462. The van der Waals surface area contributed by atoms with Crippen molar-refractivity contribution in [3.8, 4) is 0 Å². The molecule has 1 heterocycles. The van der Waals surface area contributed by atoms with E-state index in [1.165, 1.54) is 25.1 Å². The Morgan fingerprint density at radius 2 is 1.85 bits per heavy atom. The molecule has 1 atom stereocenters. The van der Waals surface area contributed by atoms with Gasteiger partial charge in [-0.05, 0) is 19.9 Å². The van der Waals surface area contributed by atoms with Crippen LogP contribution >= 0.6 is 0 Å². The lowest BCUT2D eigenvalue weighted by atomic mass is 9.99. The molecule has 1 N–H and O–H groups in total. The molecular weight excluding hydrogens is 273 g/mol. The molecule has 0 bridgehead atoms. The first-order valence-electron chi connectivity index (χ1n) is 6.03. The zero-order chi connectivity index (χ0) is 15.3. The standard InChI is InChI=1S/C13H15F3N2O2/c1-8-12(2,3)18(20)11(17(8)19)9-6-4-5-7-10(9)13(14,15)16/h4-7,11,20H,1-3H3/t11-/m0/s1. The first-order valence-corrected chi connectivity index (χ1v) is 6.03. The summed E-state index contributed by atoms with van der Waals surface area (Å²) in [4.78, 5) is 0. The molecule has 0 saturated heterocycles. The molecule has 1 aromatic carbocycles. The first-order chi connectivity index (χ1) is 9.08. The molecule has 0 amide bonds. The Hall–Kier alpha value is -1.60. The Kier molecular flexibility index (Phi) is 3.30. The Balaban J connectivity index is 2.60. The molecule has 1 aromatic rings. The highest BCUT2D eigenvalue weighted by Crippen LogP contribution is 2.40. The van der Waals surface area contributed by atoms with Crippen molar-refractivity contribution in [1.29, 1.82) is 0 Å². The lowest BCUT2D eigenvalue weighted by molar-refractivity contribution is -0.545. The van der Waals surface area contributed by atoms with Gasteiger partial charge in [-0.1, -0.05) is 18.2 Å². The van der Waals surface area contributed by atoms with Crippen LogP contribution in [0.3, 0.4) is 0 Å². The third kappa shape index (κ3) is 2.06. The summed E-state index contributed by atoms with van der Waals surface area (Å²) >= 11 is 0. The maximum absolute atomic E-state index is 13.0. The molecule has 0 radical (unpaired) electrons. The van der Waals surface area contributed by atoms with Crippen molar-refractivity contribution in [1.82, 2.24) is 5.06 Å². The van der Waals surface area contributed by atoms with Crippen LogP contribution in [0.25, 0.3) is 0 Å². The van der Waals surface area contributed by atoms with Gasteiger partial charge in [0.2, 0.25) is 0 Å². The van der Waals surface area contributed by atoms with E-state index in [4.69, 9.17) is 0 Å². The number of nitrogens with zero attached hydrogens (tertiary/aromatic N) is 2. The summed E-state index contributed by atoms with van der Waals surface area (Å²) in [6, 6.07) is 4.76. The van der Waals surface area contributed by atoms with Crippen LogP contribution in [-0.2, 0) is 6.18 Å². The molecule has 110 valence electrons. The van der Waals surface area contributed by atoms with Crippen LogP contribution in [0, 0.1) is 5.21 Å². The van der Waals surface area contributed by atoms with Crippen molar-refractivity contribution in [2.75, 3.05) is 0 Å². The molecule has 20 heavy (non-hydrogen) atoms. The highest BCUT2D eigenvalue weighted by molar-refractivity contribution is 5.87. The van der Waals surface area contributed by atoms with E-state index >= 15 is 0 Å². The molecule has 0 aromatic heterocycles. The number of alkyl halides is 3. The van der Waals surface area contributed by atoms with Gasteiger partial charge in [0.15, 0.2) is 5.71 Å². The van der Waals surface area contributed by atoms with Gasteiger partial charge in [-0.3, -0.25) is 0 Å². The largest absolute Gasteiger partial charge is 0.622 e. The van der Waals surface area contributed by atoms with Crippen molar-refractivity contribution in [3.63, 3.8) is 0 Å². The number of hydrogen-bond acceptors (Lipinski definition) is 3. The summed E-state index contributed by atoms with van der Waals surface area (Å²) in [5.74, 6) is 0. The van der Waals surface area contributed by atoms with Gasteiger partial charge in [0.1, 0.15) is 5.54 Å². The summed E-state index contributed by atoms with van der Waals surface area (Å²) < 4.78 is 39.5. The third-order valence-electron chi connectivity index (χ3n) is 3.79. The van der Waals surface area contributed by atoms with Crippen LogP contribution in [0.15, 0.2) is 24.3 Å². The maximum Gasteiger partial charge on any atom is 0.416 e. The van der Waals surface area contributed by atoms with Gasteiger partial charge in [0.05, 0.1) is 11.1 Å². The highest BCUT2D eigenvalue weighted by Gasteiger charge is 2.52. The van der Waals surface area contributed by atoms with E-state index in [2.05, 4.69) is 0 Å². The van der Waals surface area contributed by atoms with Gasteiger partial charge in [0, 0.05) is 6.92 Å². The van der Waals surface area contributed by atoms with Gasteiger partial charge >= 0.3 is 6.18 Å². The lowest BCUT2D eigenvalue weighted by Gasteiger charge is -2.26. The van der Waals surface area contributed by atoms with Crippen LogP contribution in [0.1, 0.15) is 38.1 Å². The zero-order valence-corrected chi connectivity index (χ0v) is 11.3. The van der Waals surface area contributed by atoms with E-state index in [1.807, 2.05) is 0 Å². The summed E-state index contributed by atoms with van der Waals surface area (Å²) in [7, 11) is 0. The number of hydrogen-bond donors (Lipinski definition) is 1. The average molecular weight is 288 g/mol. The Morgan fingerprint density at radius 3 is 2.30 bits per heavy atom. The molecule has 7 heteroatoms. The van der Waals surface area contributed by atoms with Gasteiger partial charge in [-0.2, -0.15) is 17.9 Å². The molecule has 0 aliphatic carbocycles. The minimum absolute atomic E-state index is 0.252. The molecule has 1 aliphatic rings. The predicted octanol–water partition coefficient (Wildman–Crippen LogP) is 3.16. The molecule has 4 nitrogen and oxygen atoms in total. The molecule has 0 fully saturated rings. The van der Waals surface area contributed by atoms with Crippen molar-refractivity contribution in [3.05, 3.63) is 40.6 Å². The van der Waals surface area contributed by atoms with Crippen molar-refractivity contribution < 1.29 is 23.1 Å². The number of hydroxylamine groups is 3. The smallest absolute Gasteiger partial charge is 0.416 e. The van der Waals surface area contributed by atoms with E-state index in [0.29, 0.717) is 9.80 Å². The van der Waals surface area contributed by atoms with E-state index in [-0.39, 0.29) is 11.3 Å². The van der Waals surface area contributed by atoms with Gasteiger partial charge in [-0.25, -0.2) is 0 Å². The second kappa shape index (κ2) is 4.46. The van der Waals surface area contributed by atoms with Crippen molar-refractivity contribution in [2.24, 2.45) is 0 Å². The van der Waals surface area contributed by atoms with E-state index in [1.54, 1.807) is 13.8 Å². The molecular formula is C13H15F3N2O2. The number of benzene rings is 1. The topological polar surface area (TPSA) is 49.5 Å². The molecule has 0 unspecified atom stereocenters. The van der Waals surface area contributed by atoms with Crippen LogP contribution in [0.4, 0.5) is 13.2 Å². The van der Waals surface area contributed by atoms with Crippen molar-refractivity contribution >= 4 is 5.71 Å². The average Bonchev–Trinajstić information content (AvgIpc) is 2.50. The summed E-state index contributed by atoms with van der Waals surface area (Å²) in [5.41, 5.74) is -1.95. The van der Waals surface area contributed by atoms with Crippen LogP contribution in [-0.4, -0.2) is 26.3 Å². The first kappa shape index (κ1) is 14.8. The van der Waals surface area contributed by atoms with E-state index in [0.717, 1.165) is 6.07 Å².